The van der Waals surface area contributed by atoms with Gasteiger partial charge < -0.3 is 19.2 Å². The number of rotatable bonds is 4. The molecular weight excluding hydrogens is 402 g/mol. The summed E-state index contributed by atoms with van der Waals surface area (Å²) >= 11 is 1.46. The Morgan fingerprint density at radius 3 is 2.87 bits per heavy atom. The quantitative estimate of drug-likeness (QED) is 0.388. The molecule has 30 heavy (non-hydrogen) atoms. The number of likely N-dealkylation sites (tertiary alicyclic amines) is 1. The van der Waals surface area contributed by atoms with E-state index < -0.39 is 17.7 Å². The first-order chi connectivity index (χ1) is 14.5. The highest BCUT2D eigenvalue weighted by Gasteiger charge is 2.47. The molecule has 2 aliphatic rings. The highest BCUT2D eigenvalue weighted by molar-refractivity contribution is 7.10. The maximum atomic E-state index is 13.0. The third kappa shape index (κ3) is 2.93. The first-order valence-electron chi connectivity index (χ1n) is 9.65. The fraction of sp³-hybridized carbons (Fsp3) is 0.217. The van der Waals surface area contributed by atoms with Gasteiger partial charge in [-0.25, -0.2) is 0 Å². The van der Waals surface area contributed by atoms with Crippen LogP contribution in [-0.2, 0) is 22.6 Å². The molecule has 0 radical (unpaired) electrons. The summed E-state index contributed by atoms with van der Waals surface area (Å²) < 4.78 is 10.9. The Morgan fingerprint density at radius 1 is 1.27 bits per heavy atom. The summed E-state index contributed by atoms with van der Waals surface area (Å²) in [5.74, 6) is -0.132. The van der Waals surface area contributed by atoms with E-state index in [0.717, 1.165) is 28.2 Å². The van der Waals surface area contributed by atoms with Crippen LogP contribution in [0.2, 0.25) is 0 Å². The van der Waals surface area contributed by atoms with E-state index in [1.165, 1.54) is 22.5 Å². The van der Waals surface area contributed by atoms with Crippen LogP contribution >= 0.6 is 11.3 Å². The van der Waals surface area contributed by atoms with Crippen molar-refractivity contribution in [2.24, 2.45) is 0 Å². The highest BCUT2D eigenvalue weighted by atomic mass is 32.1. The number of nitrogens with zero attached hydrogens (tertiary/aromatic N) is 1. The Balaban J connectivity index is 1.65. The molecular formula is C23H19NO5S. The number of aliphatic hydroxyl groups excluding tert-OH is 1. The van der Waals surface area contributed by atoms with Gasteiger partial charge in [0.1, 0.15) is 23.3 Å². The molecule has 2 aromatic heterocycles. The lowest BCUT2D eigenvalue weighted by molar-refractivity contribution is -0.140. The maximum absolute atomic E-state index is 13.0. The molecule has 1 amide bonds. The molecule has 0 bridgehead atoms. The second-order valence-electron chi connectivity index (χ2n) is 7.40. The number of ketones is 1. The highest BCUT2D eigenvalue weighted by Crippen LogP contribution is 2.43. The summed E-state index contributed by atoms with van der Waals surface area (Å²) in [6.45, 7) is 2.68. The summed E-state index contributed by atoms with van der Waals surface area (Å²) in [6.07, 6.45) is 2.28. The Labute approximate surface area is 177 Å². The van der Waals surface area contributed by atoms with E-state index in [1.54, 1.807) is 24.3 Å². The molecule has 0 saturated carbocycles. The van der Waals surface area contributed by atoms with Crippen molar-refractivity contribution >= 4 is 28.8 Å². The van der Waals surface area contributed by atoms with Crippen molar-refractivity contribution in [3.8, 4) is 5.75 Å². The average molecular weight is 421 g/mol. The number of aliphatic hydroxyl groups is 1. The molecule has 0 spiro atoms. The van der Waals surface area contributed by atoms with Gasteiger partial charge in [0.2, 0.25) is 0 Å². The number of Topliss-reactive ketones (excluding diaryl/α,β-unsaturated/α-hetero) is 1. The van der Waals surface area contributed by atoms with Gasteiger partial charge in [0.15, 0.2) is 0 Å². The van der Waals surface area contributed by atoms with E-state index in [1.807, 2.05) is 24.4 Å². The summed E-state index contributed by atoms with van der Waals surface area (Å²) in [5, 5.41) is 13.1. The van der Waals surface area contributed by atoms with Crippen molar-refractivity contribution < 1.29 is 23.8 Å². The lowest BCUT2D eigenvalue weighted by atomic mass is 9.97. The summed E-state index contributed by atoms with van der Waals surface area (Å²) in [4.78, 5) is 28.3. The van der Waals surface area contributed by atoms with Crippen LogP contribution < -0.4 is 4.74 Å². The average Bonchev–Trinajstić information content (AvgIpc) is 3.52. The zero-order chi connectivity index (χ0) is 20.8. The first-order valence-corrected chi connectivity index (χ1v) is 10.5. The number of carbonyl (C=O) groups excluding carboxylic acids is 2. The van der Waals surface area contributed by atoms with Crippen molar-refractivity contribution in [2.45, 2.75) is 25.9 Å². The third-order valence-corrected chi connectivity index (χ3v) is 6.63. The van der Waals surface area contributed by atoms with Gasteiger partial charge in [-0.15, -0.1) is 11.3 Å². The number of hydrogen-bond donors (Lipinski definition) is 1. The van der Waals surface area contributed by atoms with E-state index in [-0.39, 0.29) is 17.9 Å². The lowest BCUT2D eigenvalue weighted by Crippen LogP contribution is -2.28. The van der Waals surface area contributed by atoms with Crippen LogP contribution in [0.5, 0.6) is 5.75 Å². The summed E-state index contributed by atoms with van der Waals surface area (Å²) in [6, 6.07) is 10.1. The topological polar surface area (TPSA) is 80.0 Å². The van der Waals surface area contributed by atoms with Crippen molar-refractivity contribution in [1.29, 1.82) is 0 Å². The van der Waals surface area contributed by atoms with Gasteiger partial charge in [0.05, 0.1) is 25.0 Å². The molecule has 1 atom stereocenters. The predicted octanol–water partition coefficient (Wildman–Crippen LogP) is 4.21. The minimum Gasteiger partial charge on any atom is -0.507 e. The first kappa shape index (κ1) is 18.7. The van der Waals surface area contributed by atoms with Crippen LogP contribution in [0, 0.1) is 6.92 Å². The van der Waals surface area contributed by atoms with Crippen molar-refractivity contribution in [2.75, 3.05) is 6.61 Å². The van der Waals surface area contributed by atoms with Gasteiger partial charge in [0, 0.05) is 16.9 Å². The molecule has 1 saturated heterocycles. The second-order valence-corrected chi connectivity index (χ2v) is 8.34. The monoisotopic (exact) mass is 421 g/mol. The number of thiophene rings is 1. The van der Waals surface area contributed by atoms with Gasteiger partial charge in [0.25, 0.3) is 11.7 Å². The van der Waals surface area contributed by atoms with Gasteiger partial charge in [-0.05, 0) is 59.8 Å². The van der Waals surface area contributed by atoms with E-state index in [9.17, 15) is 14.7 Å². The molecule has 4 heterocycles. The standard InChI is InChI=1S/C23H19NO5S/c1-13-7-10-30-22(13)19-18(20(25)15-4-5-17-14(11-15)6-9-29-17)21(26)23(27)24(19)12-16-3-2-8-28-16/h2-5,7-8,10-11,19,25H,6,9,12H2,1H3/b20-18-. The fourth-order valence-corrected chi connectivity index (χ4v) is 5.09. The van der Waals surface area contributed by atoms with Gasteiger partial charge in [-0.1, -0.05) is 0 Å². The number of fused-ring (bicyclic) bond motifs is 1. The predicted molar refractivity (Wildman–Crippen MR) is 111 cm³/mol. The molecule has 0 aliphatic carbocycles. The van der Waals surface area contributed by atoms with Crippen molar-refractivity contribution in [1.82, 2.24) is 4.90 Å². The normalized spacial score (nSPS) is 19.9. The largest absolute Gasteiger partial charge is 0.507 e. The number of aryl methyl sites for hydroxylation is 1. The van der Waals surface area contributed by atoms with Gasteiger partial charge >= 0.3 is 0 Å². The Morgan fingerprint density at radius 2 is 2.13 bits per heavy atom. The smallest absolute Gasteiger partial charge is 0.296 e. The number of hydrogen-bond acceptors (Lipinski definition) is 6. The number of furan rings is 1. The number of benzene rings is 1. The van der Waals surface area contributed by atoms with Gasteiger partial charge in [-0.3, -0.25) is 9.59 Å². The number of amides is 1. The fourth-order valence-electron chi connectivity index (χ4n) is 4.04. The van der Waals surface area contributed by atoms with Crippen molar-refractivity contribution in [3.63, 3.8) is 0 Å². The molecule has 1 N–H and O–H groups in total. The zero-order valence-electron chi connectivity index (χ0n) is 16.3. The molecule has 1 fully saturated rings. The van der Waals surface area contributed by atoms with E-state index in [0.29, 0.717) is 17.9 Å². The summed E-state index contributed by atoms with van der Waals surface area (Å²) in [7, 11) is 0. The lowest BCUT2D eigenvalue weighted by Gasteiger charge is -2.24. The Hall–Kier alpha value is -3.32. The molecule has 6 nitrogen and oxygen atoms in total. The van der Waals surface area contributed by atoms with Crippen molar-refractivity contribution in [3.05, 3.63) is 80.9 Å². The molecule has 5 rings (SSSR count). The molecule has 1 aromatic carbocycles. The molecule has 1 unspecified atom stereocenters. The Bertz CT molecular complexity index is 1170. The number of carbonyl (C=O) groups is 2. The van der Waals surface area contributed by atoms with E-state index in [2.05, 4.69) is 0 Å². The minimum absolute atomic E-state index is 0.107. The molecule has 7 heteroatoms. The Kier molecular flexibility index (Phi) is 4.47. The van der Waals surface area contributed by atoms with Crippen LogP contribution in [0.3, 0.4) is 0 Å². The molecule has 3 aromatic rings. The number of ether oxygens (including phenoxy) is 1. The zero-order valence-corrected chi connectivity index (χ0v) is 17.1. The van der Waals surface area contributed by atoms with Crippen LogP contribution in [0.4, 0.5) is 0 Å². The van der Waals surface area contributed by atoms with Crippen LogP contribution in [-0.4, -0.2) is 28.3 Å². The SMILES string of the molecule is Cc1ccsc1C1/C(=C(/O)c2ccc3c(c2)CCO3)C(=O)C(=O)N1Cc1ccco1. The van der Waals surface area contributed by atoms with Gasteiger partial charge in [-0.2, -0.15) is 0 Å². The van der Waals surface area contributed by atoms with E-state index in [4.69, 9.17) is 9.15 Å². The molecule has 2 aliphatic heterocycles. The maximum Gasteiger partial charge on any atom is 0.296 e. The minimum atomic E-state index is -0.686. The molecule has 152 valence electrons. The second kappa shape index (κ2) is 7.18. The van der Waals surface area contributed by atoms with Crippen LogP contribution in [0.15, 0.2) is 58.0 Å². The summed E-state index contributed by atoms with van der Waals surface area (Å²) in [5.41, 5.74) is 2.56. The van der Waals surface area contributed by atoms with Crippen LogP contribution in [0.1, 0.15) is 33.4 Å². The van der Waals surface area contributed by atoms with Crippen LogP contribution in [0.25, 0.3) is 5.76 Å². The third-order valence-electron chi connectivity index (χ3n) is 5.56. The van der Waals surface area contributed by atoms with E-state index >= 15 is 0 Å².